The molecular weight excluding hydrogens is 344 g/mol. The summed E-state index contributed by atoms with van der Waals surface area (Å²) in [7, 11) is 0. The number of ketones is 1. The molecule has 27 heavy (non-hydrogen) atoms. The van der Waals surface area contributed by atoms with Crippen molar-refractivity contribution in [2.75, 3.05) is 44.7 Å². The van der Waals surface area contributed by atoms with Gasteiger partial charge in [0.25, 0.3) is 5.91 Å². The Bertz CT molecular complexity index is 786. The Balaban J connectivity index is 1.51. The molecule has 1 aromatic carbocycles. The van der Waals surface area contributed by atoms with Gasteiger partial charge in [-0.05, 0) is 31.2 Å². The molecule has 0 radical (unpaired) electrons. The Hall–Kier alpha value is -2.77. The molecule has 1 fully saturated rings. The zero-order valence-electron chi connectivity index (χ0n) is 15.4. The number of carbonyl (C=O) groups is 2. The lowest BCUT2D eigenvalue weighted by molar-refractivity contribution is 0.0383. The standard InChI is InChI=1S/C20H24N4O3/c1-15(25)16-3-2-4-17(13-16)23-18-5-6-19(22-14-18)20(26)21-7-8-24-9-11-27-12-10-24/h2-6,13-14,23H,7-12H2,1H3,(H,21,26). The van der Waals surface area contributed by atoms with Crippen molar-refractivity contribution in [3.63, 3.8) is 0 Å². The van der Waals surface area contributed by atoms with E-state index in [9.17, 15) is 9.59 Å². The maximum absolute atomic E-state index is 12.2. The van der Waals surface area contributed by atoms with Gasteiger partial charge in [-0.3, -0.25) is 14.5 Å². The lowest BCUT2D eigenvalue weighted by Gasteiger charge is -2.26. The van der Waals surface area contributed by atoms with E-state index in [1.54, 1.807) is 30.5 Å². The molecule has 2 N–H and O–H groups in total. The minimum absolute atomic E-state index is 0.0147. The maximum Gasteiger partial charge on any atom is 0.269 e. The maximum atomic E-state index is 12.2. The Morgan fingerprint density at radius 2 is 1.96 bits per heavy atom. The average Bonchev–Trinajstić information content (AvgIpc) is 2.69. The quantitative estimate of drug-likeness (QED) is 0.728. The highest BCUT2D eigenvalue weighted by Crippen LogP contribution is 2.17. The number of pyridine rings is 1. The highest BCUT2D eigenvalue weighted by molar-refractivity contribution is 5.95. The summed E-state index contributed by atoms with van der Waals surface area (Å²) in [6, 6.07) is 10.7. The highest BCUT2D eigenvalue weighted by atomic mass is 16.5. The fourth-order valence-corrected chi connectivity index (χ4v) is 2.83. The number of rotatable bonds is 7. The smallest absolute Gasteiger partial charge is 0.269 e. The summed E-state index contributed by atoms with van der Waals surface area (Å²) < 4.78 is 5.31. The normalized spacial score (nSPS) is 14.6. The van der Waals surface area contributed by atoms with Crippen molar-refractivity contribution in [2.45, 2.75) is 6.92 Å². The van der Waals surface area contributed by atoms with E-state index in [0.717, 1.165) is 44.2 Å². The molecule has 2 aromatic rings. The van der Waals surface area contributed by atoms with E-state index in [2.05, 4.69) is 20.5 Å². The first-order chi connectivity index (χ1) is 13.1. The zero-order chi connectivity index (χ0) is 19.1. The third kappa shape index (κ3) is 5.60. The van der Waals surface area contributed by atoms with Crippen molar-refractivity contribution >= 4 is 23.1 Å². The SMILES string of the molecule is CC(=O)c1cccc(Nc2ccc(C(=O)NCCN3CCOCC3)nc2)c1. The molecule has 1 aliphatic rings. The largest absolute Gasteiger partial charge is 0.379 e. The number of hydrogen-bond donors (Lipinski definition) is 2. The van der Waals surface area contributed by atoms with Crippen LogP contribution in [0.15, 0.2) is 42.6 Å². The van der Waals surface area contributed by atoms with Gasteiger partial charge in [0.05, 0.1) is 25.1 Å². The van der Waals surface area contributed by atoms with E-state index in [-0.39, 0.29) is 11.7 Å². The molecule has 0 spiro atoms. The molecule has 0 aliphatic carbocycles. The van der Waals surface area contributed by atoms with Crippen molar-refractivity contribution in [3.8, 4) is 0 Å². The van der Waals surface area contributed by atoms with Crippen molar-refractivity contribution < 1.29 is 14.3 Å². The van der Waals surface area contributed by atoms with Crippen LogP contribution in [-0.4, -0.2) is 61.0 Å². The van der Waals surface area contributed by atoms with Crippen LogP contribution in [0.1, 0.15) is 27.8 Å². The minimum atomic E-state index is -0.187. The molecule has 7 nitrogen and oxygen atoms in total. The molecule has 142 valence electrons. The average molecular weight is 368 g/mol. The van der Waals surface area contributed by atoms with Crippen LogP contribution in [0.4, 0.5) is 11.4 Å². The van der Waals surface area contributed by atoms with Crippen LogP contribution in [-0.2, 0) is 4.74 Å². The number of Topliss-reactive ketones (excluding diaryl/α,β-unsaturated/α-hetero) is 1. The fourth-order valence-electron chi connectivity index (χ4n) is 2.83. The van der Waals surface area contributed by atoms with Gasteiger partial charge in [-0.25, -0.2) is 4.98 Å². The van der Waals surface area contributed by atoms with Crippen LogP contribution >= 0.6 is 0 Å². The van der Waals surface area contributed by atoms with E-state index in [1.807, 2.05) is 12.1 Å². The van der Waals surface area contributed by atoms with Gasteiger partial charge in [0.2, 0.25) is 0 Å². The molecule has 0 unspecified atom stereocenters. The van der Waals surface area contributed by atoms with E-state index in [4.69, 9.17) is 4.74 Å². The number of nitrogens with zero attached hydrogens (tertiary/aromatic N) is 2. The monoisotopic (exact) mass is 368 g/mol. The minimum Gasteiger partial charge on any atom is -0.379 e. The third-order valence-electron chi connectivity index (χ3n) is 4.37. The molecule has 7 heteroatoms. The van der Waals surface area contributed by atoms with Gasteiger partial charge in [-0.1, -0.05) is 12.1 Å². The molecular formula is C20H24N4O3. The van der Waals surface area contributed by atoms with Gasteiger partial charge >= 0.3 is 0 Å². The molecule has 0 saturated carbocycles. The van der Waals surface area contributed by atoms with E-state index < -0.39 is 0 Å². The number of ether oxygens (including phenoxy) is 1. The van der Waals surface area contributed by atoms with Gasteiger partial charge in [0.15, 0.2) is 5.78 Å². The van der Waals surface area contributed by atoms with Crippen LogP contribution in [0.2, 0.25) is 0 Å². The van der Waals surface area contributed by atoms with Crippen LogP contribution in [0.25, 0.3) is 0 Å². The summed E-state index contributed by atoms with van der Waals surface area (Å²) in [6.45, 7) is 6.23. The van der Waals surface area contributed by atoms with Crippen LogP contribution < -0.4 is 10.6 Å². The number of anilines is 2. The Labute approximate surface area is 158 Å². The first-order valence-corrected chi connectivity index (χ1v) is 9.04. The van der Waals surface area contributed by atoms with Gasteiger partial charge in [0, 0.05) is 37.4 Å². The van der Waals surface area contributed by atoms with Gasteiger partial charge in [-0.2, -0.15) is 0 Å². The second-order valence-electron chi connectivity index (χ2n) is 6.40. The van der Waals surface area contributed by atoms with Crippen molar-refractivity contribution in [2.24, 2.45) is 0 Å². The third-order valence-corrected chi connectivity index (χ3v) is 4.37. The molecule has 2 heterocycles. The first kappa shape index (κ1) is 19.0. The Morgan fingerprint density at radius 1 is 1.15 bits per heavy atom. The fraction of sp³-hybridized carbons (Fsp3) is 0.350. The summed E-state index contributed by atoms with van der Waals surface area (Å²) in [4.78, 5) is 30.2. The number of benzene rings is 1. The second kappa shape index (κ2) is 9.25. The molecule has 0 bridgehead atoms. The summed E-state index contributed by atoms with van der Waals surface area (Å²) in [5.41, 5.74) is 2.57. The Kier molecular flexibility index (Phi) is 6.51. The lowest BCUT2D eigenvalue weighted by Crippen LogP contribution is -2.41. The summed E-state index contributed by atoms with van der Waals surface area (Å²) >= 11 is 0. The van der Waals surface area contributed by atoms with E-state index in [0.29, 0.717) is 17.8 Å². The van der Waals surface area contributed by atoms with E-state index >= 15 is 0 Å². The van der Waals surface area contributed by atoms with Crippen LogP contribution in [0.3, 0.4) is 0 Å². The number of carbonyl (C=O) groups excluding carboxylic acids is 2. The number of morpholine rings is 1. The molecule has 0 atom stereocenters. The zero-order valence-corrected chi connectivity index (χ0v) is 15.4. The molecule has 1 saturated heterocycles. The Morgan fingerprint density at radius 3 is 2.67 bits per heavy atom. The summed E-state index contributed by atoms with van der Waals surface area (Å²) in [5, 5.41) is 6.08. The van der Waals surface area contributed by atoms with Gasteiger partial charge in [-0.15, -0.1) is 0 Å². The number of nitrogens with one attached hydrogen (secondary N) is 2. The van der Waals surface area contributed by atoms with Crippen molar-refractivity contribution in [1.29, 1.82) is 0 Å². The summed E-state index contributed by atoms with van der Waals surface area (Å²) in [5.74, 6) is -0.172. The molecule has 1 aromatic heterocycles. The predicted molar refractivity (Wildman–Crippen MR) is 104 cm³/mol. The van der Waals surface area contributed by atoms with Crippen LogP contribution in [0.5, 0.6) is 0 Å². The van der Waals surface area contributed by atoms with Gasteiger partial charge < -0.3 is 15.4 Å². The highest BCUT2D eigenvalue weighted by Gasteiger charge is 2.11. The topological polar surface area (TPSA) is 83.6 Å². The lowest BCUT2D eigenvalue weighted by atomic mass is 10.1. The molecule has 1 aliphatic heterocycles. The van der Waals surface area contributed by atoms with Crippen LogP contribution in [0, 0.1) is 0 Å². The number of amides is 1. The van der Waals surface area contributed by atoms with Crippen molar-refractivity contribution in [1.82, 2.24) is 15.2 Å². The van der Waals surface area contributed by atoms with Crippen molar-refractivity contribution in [3.05, 3.63) is 53.9 Å². The summed E-state index contributed by atoms with van der Waals surface area (Å²) in [6.07, 6.45) is 1.61. The predicted octanol–water partition coefficient (Wildman–Crippen LogP) is 2.09. The first-order valence-electron chi connectivity index (χ1n) is 9.04. The number of aromatic nitrogens is 1. The molecule has 3 rings (SSSR count). The van der Waals surface area contributed by atoms with E-state index in [1.165, 1.54) is 6.92 Å². The van der Waals surface area contributed by atoms with Gasteiger partial charge in [0.1, 0.15) is 5.69 Å². The molecule has 1 amide bonds. The number of hydrogen-bond acceptors (Lipinski definition) is 6. The second-order valence-corrected chi connectivity index (χ2v) is 6.40.